The number of nitrogens with two attached hydrogens (primary N) is 1. The molecule has 0 radical (unpaired) electrons. The summed E-state index contributed by atoms with van der Waals surface area (Å²) in [5, 5.41) is 3.43. The van der Waals surface area contributed by atoms with Crippen molar-refractivity contribution in [3.63, 3.8) is 0 Å². The number of aromatic nitrogens is 2. The van der Waals surface area contributed by atoms with Crippen LogP contribution < -0.4 is 11.1 Å². The van der Waals surface area contributed by atoms with Crippen LogP contribution >= 0.6 is 0 Å². The first kappa shape index (κ1) is 14.7. The Balaban J connectivity index is 2.02. The second kappa shape index (κ2) is 6.66. The second-order valence-corrected chi connectivity index (χ2v) is 5.65. The van der Waals surface area contributed by atoms with E-state index in [1.165, 1.54) is 25.7 Å². The molecule has 1 heterocycles. The van der Waals surface area contributed by atoms with Crippen LogP contribution in [0.1, 0.15) is 38.3 Å². The summed E-state index contributed by atoms with van der Waals surface area (Å²) in [4.78, 5) is 8.81. The molecule has 0 amide bonds. The molecule has 1 fully saturated rings. The molecule has 0 unspecified atom stereocenters. The monoisotopic (exact) mass is 272 g/mol. The fraction of sp³-hybridized carbons (Fsp3) is 0.500. The van der Waals surface area contributed by atoms with Crippen molar-refractivity contribution in [2.24, 2.45) is 11.7 Å². The number of hydrogen-bond donors (Lipinski definition) is 2. The van der Waals surface area contributed by atoms with Gasteiger partial charge in [0, 0.05) is 18.8 Å². The van der Waals surface area contributed by atoms with Gasteiger partial charge in [-0.25, -0.2) is 9.97 Å². The Kier molecular flexibility index (Phi) is 4.90. The Hall–Kier alpha value is -1.68. The number of nitrogens with zero attached hydrogens (tertiary/aromatic N) is 2. The van der Waals surface area contributed by atoms with E-state index in [1.807, 2.05) is 6.07 Å². The number of rotatable bonds is 5. The molecule has 1 saturated carbocycles. The average molecular weight is 272 g/mol. The predicted octanol–water partition coefficient (Wildman–Crippen LogP) is 3.00. The van der Waals surface area contributed by atoms with Gasteiger partial charge in [0.2, 0.25) is 5.95 Å². The molecule has 0 aliphatic heterocycles. The smallest absolute Gasteiger partial charge is 0.223 e. The Morgan fingerprint density at radius 3 is 2.70 bits per heavy atom. The van der Waals surface area contributed by atoms with E-state index in [0.29, 0.717) is 18.5 Å². The first-order valence-electron chi connectivity index (χ1n) is 7.27. The largest absolute Gasteiger partial charge is 0.351 e. The molecule has 0 spiro atoms. The van der Waals surface area contributed by atoms with Gasteiger partial charge in [-0.15, -0.1) is 0 Å². The quantitative estimate of drug-likeness (QED) is 0.809. The Bertz CT molecular complexity index is 487. The molecule has 1 aromatic rings. The van der Waals surface area contributed by atoms with E-state index in [1.54, 1.807) is 6.20 Å². The fourth-order valence-electron chi connectivity index (χ4n) is 2.49. The van der Waals surface area contributed by atoms with E-state index >= 15 is 0 Å². The molecule has 4 heteroatoms. The van der Waals surface area contributed by atoms with Crippen LogP contribution in [0.25, 0.3) is 5.57 Å². The zero-order chi connectivity index (χ0) is 14.5. The normalized spacial score (nSPS) is 22.3. The highest BCUT2D eigenvalue weighted by Gasteiger charge is 2.18. The molecule has 1 aromatic heterocycles. The van der Waals surface area contributed by atoms with Crippen molar-refractivity contribution in [2.75, 3.05) is 11.9 Å². The highest BCUT2D eigenvalue weighted by Crippen LogP contribution is 2.25. The van der Waals surface area contributed by atoms with Gasteiger partial charge in [-0.2, -0.15) is 0 Å². The van der Waals surface area contributed by atoms with Gasteiger partial charge >= 0.3 is 0 Å². The van der Waals surface area contributed by atoms with Crippen molar-refractivity contribution >= 4 is 11.5 Å². The van der Waals surface area contributed by atoms with Crippen LogP contribution in [0.3, 0.4) is 0 Å². The highest BCUT2D eigenvalue weighted by molar-refractivity contribution is 5.75. The third kappa shape index (κ3) is 3.67. The number of nitrogens with one attached hydrogen (secondary N) is 1. The van der Waals surface area contributed by atoms with Crippen LogP contribution in [0.5, 0.6) is 0 Å². The Morgan fingerprint density at radius 1 is 1.35 bits per heavy atom. The third-order valence-corrected chi connectivity index (χ3v) is 3.99. The molecule has 1 aliphatic rings. The van der Waals surface area contributed by atoms with Crippen LogP contribution in [-0.4, -0.2) is 22.6 Å². The van der Waals surface area contributed by atoms with Crippen LogP contribution in [-0.2, 0) is 0 Å². The molecule has 0 bridgehead atoms. The molecule has 0 saturated heterocycles. The highest BCUT2D eigenvalue weighted by atomic mass is 15.1. The summed E-state index contributed by atoms with van der Waals surface area (Å²) in [5.74, 6) is 1.51. The minimum atomic E-state index is 0.395. The van der Waals surface area contributed by atoms with E-state index in [0.717, 1.165) is 22.8 Å². The summed E-state index contributed by atoms with van der Waals surface area (Å²) in [6.07, 6.45) is 6.67. The van der Waals surface area contributed by atoms with Gasteiger partial charge in [0.25, 0.3) is 0 Å². The van der Waals surface area contributed by atoms with Crippen LogP contribution in [0.2, 0.25) is 0 Å². The van der Waals surface area contributed by atoms with E-state index in [-0.39, 0.29) is 0 Å². The molecule has 4 nitrogen and oxygen atoms in total. The Morgan fingerprint density at radius 2 is 2.05 bits per heavy atom. The van der Waals surface area contributed by atoms with E-state index in [9.17, 15) is 0 Å². The van der Waals surface area contributed by atoms with Gasteiger partial charge in [0.1, 0.15) is 0 Å². The molecular formula is C16H24N4. The first-order valence-corrected chi connectivity index (χ1v) is 7.27. The molecule has 0 aromatic carbocycles. The van der Waals surface area contributed by atoms with Gasteiger partial charge in [0.05, 0.1) is 5.69 Å². The second-order valence-electron chi connectivity index (χ2n) is 5.65. The SMILES string of the molecule is C=C(CN)C(=C)c1ccnc(NC2CCC(C)CC2)n1. The Labute approximate surface area is 121 Å². The molecule has 108 valence electrons. The minimum Gasteiger partial charge on any atom is -0.351 e. The molecular weight excluding hydrogens is 248 g/mol. The number of anilines is 1. The van der Waals surface area contributed by atoms with Crippen LogP contribution in [0.4, 0.5) is 5.95 Å². The van der Waals surface area contributed by atoms with Crippen molar-refractivity contribution in [1.82, 2.24) is 9.97 Å². The lowest BCUT2D eigenvalue weighted by atomic mass is 9.87. The molecule has 20 heavy (non-hydrogen) atoms. The lowest BCUT2D eigenvalue weighted by Gasteiger charge is -2.26. The molecule has 0 atom stereocenters. The summed E-state index contributed by atoms with van der Waals surface area (Å²) in [6, 6.07) is 2.32. The molecule has 2 rings (SSSR count). The molecule has 3 N–H and O–H groups in total. The summed E-state index contributed by atoms with van der Waals surface area (Å²) in [7, 11) is 0. The van der Waals surface area contributed by atoms with E-state index in [2.05, 4.69) is 35.4 Å². The topological polar surface area (TPSA) is 63.8 Å². The van der Waals surface area contributed by atoms with Crippen molar-refractivity contribution in [3.05, 3.63) is 36.7 Å². The van der Waals surface area contributed by atoms with Crippen LogP contribution in [0, 0.1) is 5.92 Å². The maximum atomic E-state index is 5.59. The van der Waals surface area contributed by atoms with Crippen molar-refractivity contribution < 1.29 is 0 Å². The standard InChI is InChI=1S/C16H24N4/c1-11-4-6-14(7-5-11)19-16-18-9-8-15(20-16)13(3)12(2)10-17/h8-9,11,14H,2-7,10,17H2,1H3,(H,18,19,20). The summed E-state index contributed by atoms with van der Waals surface area (Å²) in [5.41, 5.74) is 7.98. The first-order chi connectivity index (χ1) is 9.60. The van der Waals surface area contributed by atoms with Crippen LogP contribution in [0.15, 0.2) is 31.0 Å². The van der Waals surface area contributed by atoms with E-state index in [4.69, 9.17) is 5.73 Å². The van der Waals surface area contributed by atoms with E-state index < -0.39 is 0 Å². The molecule has 1 aliphatic carbocycles. The summed E-state index contributed by atoms with van der Waals surface area (Å²) < 4.78 is 0. The van der Waals surface area contributed by atoms with Gasteiger partial charge in [-0.05, 0) is 48.8 Å². The van der Waals surface area contributed by atoms with Crippen molar-refractivity contribution in [3.8, 4) is 0 Å². The maximum absolute atomic E-state index is 5.59. The third-order valence-electron chi connectivity index (χ3n) is 3.99. The number of hydrogen-bond acceptors (Lipinski definition) is 4. The van der Waals surface area contributed by atoms with Gasteiger partial charge in [-0.1, -0.05) is 20.1 Å². The van der Waals surface area contributed by atoms with Crippen molar-refractivity contribution in [1.29, 1.82) is 0 Å². The van der Waals surface area contributed by atoms with Gasteiger partial charge in [-0.3, -0.25) is 0 Å². The van der Waals surface area contributed by atoms with Gasteiger partial charge < -0.3 is 11.1 Å². The van der Waals surface area contributed by atoms with Gasteiger partial charge in [0.15, 0.2) is 0 Å². The fourth-order valence-corrected chi connectivity index (χ4v) is 2.49. The maximum Gasteiger partial charge on any atom is 0.223 e. The zero-order valence-corrected chi connectivity index (χ0v) is 12.2. The van der Waals surface area contributed by atoms with Crippen molar-refractivity contribution in [2.45, 2.75) is 38.6 Å². The lowest BCUT2D eigenvalue weighted by molar-refractivity contribution is 0.360. The summed E-state index contributed by atoms with van der Waals surface area (Å²) in [6.45, 7) is 10.6. The minimum absolute atomic E-state index is 0.395. The lowest BCUT2D eigenvalue weighted by Crippen LogP contribution is -2.26. The summed E-state index contributed by atoms with van der Waals surface area (Å²) >= 11 is 0. The predicted molar refractivity (Wildman–Crippen MR) is 84.3 cm³/mol. The average Bonchev–Trinajstić information content (AvgIpc) is 2.48. The zero-order valence-electron chi connectivity index (χ0n) is 12.2.